The van der Waals surface area contributed by atoms with Crippen LogP contribution in [-0.2, 0) is 4.74 Å². The lowest BCUT2D eigenvalue weighted by atomic mass is 10.1. The van der Waals surface area contributed by atoms with Crippen molar-refractivity contribution in [2.24, 2.45) is 0 Å². The second-order valence-corrected chi connectivity index (χ2v) is 6.96. The molecule has 0 aliphatic heterocycles. The number of ether oxygens (including phenoxy) is 1. The Balaban J connectivity index is 1.81. The highest BCUT2D eigenvalue weighted by atomic mass is 32.1. The molecule has 1 heterocycles. The number of rotatable bonds is 4. The molecule has 4 nitrogen and oxygen atoms in total. The van der Waals surface area contributed by atoms with E-state index in [4.69, 9.17) is 4.74 Å². The molecular weight excluding hydrogens is 372 g/mol. The van der Waals surface area contributed by atoms with E-state index < -0.39 is 29.1 Å². The summed E-state index contributed by atoms with van der Waals surface area (Å²) in [6, 6.07) is 11.8. The average Bonchev–Trinajstić information content (AvgIpc) is 3.03. The van der Waals surface area contributed by atoms with Crippen LogP contribution in [0.3, 0.4) is 0 Å². The zero-order valence-electron chi connectivity index (χ0n) is 14.5. The molecule has 0 radical (unpaired) electrons. The number of nitrogens with one attached hydrogen (secondary N) is 1. The van der Waals surface area contributed by atoms with Gasteiger partial charge in [-0.1, -0.05) is 18.2 Å². The summed E-state index contributed by atoms with van der Waals surface area (Å²) < 4.78 is 32.1. The van der Waals surface area contributed by atoms with Crippen molar-refractivity contribution < 1.29 is 23.1 Å². The Bertz CT molecular complexity index is 992. The van der Waals surface area contributed by atoms with Crippen LogP contribution in [0.1, 0.15) is 24.9 Å². The Morgan fingerprint density at radius 1 is 1.04 bits per heavy atom. The van der Waals surface area contributed by atoms with Crippen molar-refractivity contribution in [1.82, 2.24) is 0 Å². The van der Waals surface area contributed by atoms with E-state index in [1.165, 1.54) is 24.5 Å². The highest BCUT2D eigenvalue weighted by molar-refractivity contribution is 7.14. The van der Waals surface area contributed by atoms with Gasteiger partial charge in [-0.05, 0) is 48.4 Å². The highest BCUT2D eigenvalue weighted by Gasteiger charge is 2.17. The molecule has 1 amide bonds. The van der Waals surface area contributed by atoms with Crippen molar-refractivity contribution in [2.75, 3.05) is 12.4 Å². The van der Waals surface area contributed by atoms with Crippen LogP contribution in [-0.4, -0.2) is 19.0 Å². The van der Waals surface area contributed by atoms with Crippen LogP contribution in [0.15, 0.2) is 48.5 Å². The maximum Gasteiger partial charge on any atom is 0.348 e. The van der Waals surface area contributed by atoms with E-state index in [9.17, 15) is 18.4 Å². The van der Waals surface area contributed by atoms with Gasteiger partial charge in [-0.15, -0.1) is 11.3 Å². The summed E-state index contributed by atoms with van der Waals surface area (Å²) in [5.74, 6) is -3.11. The minimum absolute atomic E-state index is 0.396. The van der Waals surface area contributed by atoms with Crippen LogP contribution in [0.2, 0.25) is 0 Å². The third kappa shape index (κ3) is 3.88. The summed E-state index contributed by atoms with van der Waals surface area (Å²) >= 11 is 1.33. The summed E-state index contributed by atoms with van der Waals surface area (Å²) in [6.45, 7) is 1.89. The molecular formula is C20H15F2NO3S. The maximum atomic E-state index is 13.7. The standard InChI is InChI=1S/C20H15F2NO3S/c1-11-14(10-17(27-11)20(25)26-2)12-6-8-13(9-7-12)23-19(24)18-15(21)4-3-5-16(18)22/h3-10H,1-2H3,(H,23,24). The molecule has 2 aromatic carbocycles. The van der Waals surface area contributed by atoms with E-state index in [0.717, 1.165) is 28.1 Å². The number of carbonyl (C=O) groups excluding carboxylic acids is 2. The van der Waals surface area contributed by atoms with Gasteiger partial charge in [0.15, 0.2) is 0 Å². The molecule has 1 aromatic heterocycles. The predicted molar refractivity (Wildman–Crippen MR) is 100 cm³/mol. The van der Waals surface area contributed by atoms with Crippen molar-refractivity contribution in [3.63, 3.8) is 0 Å². The zero-order chi connectivity index (χ0) is 19.6. The molecule has 0 aliphatic carbocycles. The van der Waals surface area contributed by atoms with Crippen LogP contribution in [0.5, 0.6) is 0 Å². The number of thiophene rings is 1. The third-order valence-electron chi connectivity index (χ3n) is 3.95. The van der Waals surface area contributed by atoms with Gasteiger partial charge < -0.3 is 10.1 Å². The lowest BCUT2D eigenvalue weighted by Gasteiger charge is -2.08. The first-order valence-electron chi connectivity index (χ1n) is 7.95. The molecule has 0 saturated heterocycles. The predicted octanol–water partition coefficient (Wildman–Crippen LogP) is 5.04. The minimum atomic E-state index is -0.923. The molecule has 0 bridgehead atoms. The summed E-state index contributed by atoms with van der Waals surface area (Å²) in [5.41, 5.74) is 1.48. The monoisotopic (exact) mass is 387 g/mol. The van der Waals surface area contributed by atoms with Gasteiger partial charge in [0.05, 0.1) is 7.11 Å². The first kappa shape index (κ1) is 18.7. The molecule has 0 aliphatic rings. The molecule has 3 rings (SSSR count). The van der Waals surface area contributed by atoms with Crippen molar-refractivity contribution in [3.8, 4) is 11.1 Å². The number of methoxy groups -OCH3 is 1. The van der Waals surface area contributed by atoms with Gasteiger partial charge in [0, 0.05) is 10.6 Å². The van der Waals surface area contributed by atoms with Crippen molar-refractivity contribution >= 4 is 28.9 Å². The fraction of sp³-hybridized carbons (Fsp3) is 0.100. The normalized spacial score (nSPS) is 10.5. The molecule has 1 N–H and O–H groups in total. The molecule has 0 unspecified atom stereocenters. The van der Waals surface area contributed by atoms with Crippen LogP contribution in [0.4, 0.5) is 14.5 Å². The Kier molecular flexibility index (Phi) is 5.32. The van der Waals surface area contributed by atoms with Gasteiger partial charge in [0.2, 0.25) is 0 Å². The van der Waals surface area contributed by atoms with Crippen molar-refractivity contribution in [1.29, 1.82) is 0 Å². The number of amides is 1. The molecule has 0 saturated carbocycles. The lowest BCUT2D eigenvalue weighted by molar-refractivity contribution is 0.0606. The first-order valence-corrected chi connectivity index (χ1v) is 8.77. The Morgan fingerprint density at radius 3 is 2.26 bits per heavy atom. The number of halogens is 2. The van der Waals surface area contributed by atoms with E-state index in [0.29, 0.717) is 10.6 Å². The Labute approximate surface area is 158 Å². The molecule has 0 atom stereocenters. The molecule has 7 heteroatoms. The minimum Gasteiger partial charge on any atom is -0.465 e. The third-order valence-corrected chi connectivity index (χ3v) is 4.98. The van der Waals surface area contributed by atoms with Gasteiger partial charge in [0.1, 0.15) is 22.1 Å². The van der Waals surface area contributed by atoms with E-state index in [1.807, 2.05) is 6.92 Å². The van der Waals surface area contributed by atoms with E-state index in [1.54, 1.807) is 30.3 Å². The maximum absolute atomic E-state index is 13.7. The number of hydrogen-bond donors (Lipinski definition) is 1. The molecule has 138 valence electrons. The van der Waals surface area contributed by atoms with Crippen LogP contribution in [0, 0.1) is 18.6 Å². The molecule has 0 fully saturated rings. The number of hydrogen-bond acceptors (Lipinski definition) is 4. The van der Waals surface area contributed by atoms with Crippen LogP contribution < -0.4 is 5.32 Å². The Morgan fingerprint density at radius 2 is 1.67 bits per heavy atom. The number of benzene rings is 2. The summed E-state index contributed by atoms with van der Waals surface area (Å²) in [5, 5.41) is 2.48. The number of anilines is 1. The smallest absolute Gasteiger partial charge is 0.348 e. The van der Waals surface area contributed by atoms with Crippen molar-refractivity contribution in [2.45, 2.75) is 6.92 Å². The first-order chi connectivity index (χ1) is 12.9. The largest absolute Gasteiger partial charge is 0.465 e. The second-order valence-electron chi connectivity index (χ2n) is 5.70. The number of aryl methyl sites for hydroxylation is 1. The average molecular weight is 387 g/mol. The number of carbonyl (C=O) groups is 2. The zero-order valence-corrected chi connectivity index (χ0v) is 15.3. The number of esters is 1. The molecule has 27 heavy (non-hydrogen) atoms. The van der Waals surface area contributed by atoms with Gasteiger partial charge >= 0.3 is 5.97 Å². The topological polar surface area (TPSA) is 55.4 Å². The summed E-state index contributed by atoms with van der Waals surface area (Å²) in [6.07, 6.45) is 0. The second kappa shape index (κ2) is 7.67. The highest BCUT2D eigenvalue weighted by Crippen LogP contribution is 2.32. The fourth-order valence-electron chi connectivity index (χ4n) is 2.61. The quantitative estimate of drug-likeness (QED) is 0.638. The summed E-state index contributed by atoms with van der Waals surface area (Å²) in [7, 11) is 1.33. The van der Waals surface area contributed by atoms with Gasteiger partial charge in [-0.3, -0.25) is 4.79 Å². The molecule has 0 spiro atoms. The van der Waals surface area contributed by atoms with Crippen LogP contribution in [0.25, 0.3) is 11.1 Å². The van der Waals surface area contributed by atoms with E-state index >= 15 is 0 Å². The van der Waals surface area contributed by atoms with E-state index in [-0.39, 0.29) is 0 Å². The summed E-state index contributed by atoms with van der Waals surface area (Å²) in [4.78, 5) is 25.2. The van der Waals surface area contributed by atoms with Gasteiger partial charge in [-0.25, -0.2) is 13.6 Å². The van der Waals surface area contributed by atoms with E-state index in [2.05, 4.69) is 5.32 Å². The van der Waals surface area contributed by atoms with Gasteiger partial charge in [0.25, 0.3) is 5.91 Å². The Hall–Kier alpha value is -3.06. The van der Waals surface area contributed by atoms with Gasteiger partial charge in [-0.2, -0.15) is 0 Å². The van der Waals surface area contributed by atoms with Crippen molar-refractivity contribution in [3.05, 3.63) is 75.5 Å². The SMILES string of the molecule is COC(=O)c1cc(-c2ccc(NC(=O)c3c(F)cccc3F)cc2)c(C)s1. The lowest BCUT2D eigenvalue weighted by Crippen LogP contribution is -2.15. The fourth-order valence-corrected chi connectivity index (χ4v) is 3.57. The van der Waals surface area contributed by atoms with Crippen LogP contribution >= 0.6 is 11.3 Å². The molecule has 3 aromatic rings.